The highest BCUT2D eigenvalue weighted by molar-refractivity contribution is 5.87. The first-order valence-electron chi connectivity index (χ1n) is 9.67. The summed E-state index contributed by atoms with van der Waals surface area (Å²) in [4.78, 5) is 11.8. The number of carbonyl (C=O) groups excluding carboxylic acids is 1. The van der Waals surface area contributed by atoms with Crippen molar-refractivity contribution in [2.45, 2.75) is 59.5 Å². The number of hydrogen-bond acceptors (Lipinski definition) is 2. The average molecular weight is 358 g/mol. The van der Waals surface area contributed by atoms with Crippen LogP contribution in [0.5, 0.6) is 0 Å². The zero-order valence-electron chi connectivity index (χ0n) is 16.7. The maximum Gasteiger partial charge on any atom is 0.243 e. The Hall–Kier alpha value is -1.87. The summed E-state index contributed by atoms with van der Waals surface area (Å²) in [5.74, 6) is 0.414. The molecular weight excluding hydrogens is 322 g/mol. The fraction of sp³-hybridized carbons (Fsp3) is 0.522. The van der Waals surface area contributed by atoms with Gasteiger partial charge >= 0.3 is 0 Å². The first kappa shape index (κ1) is 22.2. The summed E-state index contributed by atoms with van der Waals surface area (Å²) in [5.41, 5.74) is 2.60. The van der Waals surface area contributed by atoms with Crippen molar-refractivity contribution in [2.24, 2.45) is 11.8 Å². The van der Waals surface area contributed by atoms with E-state index in [-0.39, 0.29) is 11.8 Å². The molecule has 3 unspecified atom stereocenters. The molecule has 0 saturated carbocycles. The third-order valence-electron chi connectivity index (χ3n) is 4.61. The summed E-state index contributed by atoms with van der Waals surface area (Å²) in [6.07, 6.45) is 18.9. The van der Waals surface area contributed by atoms with E-state index in [4.69, 9.17) is 0 Å². The van der Waals surface area contributed by atoms with Gasteiger partial charge in [0.05, 0.1) is 6.10 Å². The molecule has 1 aliphatic heterocycles. The summed E-state index contributed by atoms with van der Waals surface area (Å²) in [6.45, 7) is 9.09. The van der Waals surface area contributed by atoms with E-state index in [0.29, 0.717) is 18.9 Å². The van der Waals surface area contributed by atoms with Crippen LogP contribution in [0.25, 0.3) is 0 Å². The number of aliphatic hydroxyl groups is 1. The number of hydrogen-bond donors (Lipinski definition) is 2. The second kappa shape index (κ2) is 12.5. The van der Waals surface area contributed by atoms with Crippen molar-refractivity contribution in [3.63, 3.8) is 0 Å². The van der Waals surface area contributed by atoms with Gasteiger partial charge in [0.1, 0.15) is 0 Å². The van der Waals surface area contributed by atoms with Crippen LogP contribution in [0.1, 0.15) is 53.4 Å². The quantitative estimate of drug-likeness (QED) is 0.608. The molecule has 2 N–H and O–H groups in total. The zero-order chi connectivity index (χ0) is 19.4. The lowest BCUT2D eigenvalue weighted by Gasteiger charge is -2.14. The lowest BCUT2D eigenvalue weighted by molar-refractivity contribution is -0.116. The molecule has 0 radical (unpaired) electrons. The largest absolute Gasteiger partial charge is 0.392 e. The number of rotatable bonds is 0. The van der Waals surface area contributed by atoms with Crippen LogP contribution in [-0.2, 0) is 4.79 Å². The number of nitrogens with one attached hydrogen (secondary N) is 1. The van der Waals surface area contributed by atoms with Crippen molar-refractivity contribution in [3.8, 4) is 0 Å². The van der Waals surface area contributed by atoms with Crippen LogP contribution in [0, 0.1) is 11.8 Å². The molecule has 26 heavy (non-hydrogen) atoms. The maximum absolute atomic E-state index is 11.8. The lowest BCUT2D eigenvalue weighted by Crippen LogP contribution is -2.26. The predicted octanol–water partition coefficient (Wildman–Crippen LogP) is 4.87. The fourth-order valence-electron chi connectivity index (χ4n) is 2.76. The molecule has 0 saturated heterocycles. The molecule has 144 valence electrons. The van der Waals surface area contributed by atoms with Crippen LogP contribution >= 0.6 is 0 Å². The minimum atomic E-state index is -0.418. The Labute approximate surface area is 159 Å². The zero-order valence-corrected chi connectivity index (χ0v) is 16.7. The lowest BCUT2D eigenvalue weighted by atomic mass is 9.98. The molecule has 3 nitrogen and oxygen atoms in total. The Kier molecular flexibility index (Phi) is 10.6. The maximum atomic E-state index is 11.8. The van der Waals surface area contributed by atoms with Gasteiger partial charge in [-0.2, -0.15) is 0 Å². The van der Waals surface area contributed by atoms with E-state index >= 15 is 0 Å². The van der Waals surface area contributed by atoms with Gasteiger partial charge in [-0.25, -0.2) is 0 Å². The molecule has 0 aromatic heterocycles. The van der Waals surface area contributed by atoms with Crippen LogP contribution in [0.3, 0.4) is 0 Å². The van der Waals surface area contributed by atoms with E-state index in [1.807, 2.05) is 19.1 Å². The van der Waals surface area contributed by atoms with Crippen molar-refractivity contribution in [1.82, 2.24) is 5.32 Å². The Balaban J connectivity index is 2.80. The first-order chi connectivity index (χ1) is 12.4. The van der Waals surface area contributed by atoms with Gasteiger partial charge in [0.25, 0.3) is 0 Å². The predicted molar refractivity (Wildman–Crippen MR) is 111 cm³/mol. The summed E-state index contributed by atoms with van der Waals surface area (Å²) in [5, 5.41) is 13.2. The number of allylic oxidation sites excluding steroid dienone is 7. The van der Waals surface area contributed by atoms with Gasteiger partial charge in [-0.05, 0) is 45.4 Å². The number of carbonyl (C=O) groups is 1. The van der Waals surface area contributed by atoms with Crippen molar-refractivity contribution in [1.29, 1.82) is 0 Å². The van der Waals surface area contributed by atoms with Crippen molar-refractivity contribution >= 4 is 5.91 Å². The van der Waals surface area contributed by atoms with E-state index < -0.39 is 6.10 Å². The molecule has 0 aromatic rings. The molecule has 3 atom stereocenters. The summed E-state index contributed by atoms with van der Waals surface area (Å²) < 4.78 is 0. The van der Waals surface area contributed by atoms with Gasteiger partial charge in [0.15, 0.2) is 0 Å². The van der Waals surface area contributed by atoms with Crippen molar-refractivity contribution in [2.75, 3.05) is 6.54 Å². The van der Waals surface area contributed by atoms with Gasteiger partial charge in [-0.1, -0.05) is 67.5 Å². The van der Waals surface area contributed by atoms with Gasteiger partial charge < -0.3 is 10.4 Å². The summed E-state index contributed by atoms with van der Waals surface area (Å²) >= 11 is 0. The first-order valence-corrected chi connectivity index (χ1v) is 9.67. The van der Waals surface area contributed by atoms with E-state index in [1.54, 1.807) is 6.08 Å². The summed E-state index contributed by atoms with van der Waals surface area (Å²) in [6, 6.07) is 0. The SMILES string of the molecule is C/C1=C\C=C\CCC(C)CNC(=O)/C=C/C=C/C(C)C(O)C/C=C(\C)C1. The molecule has 0 fully saturated rings. The third-order valence-corrected chi connectivity index (χ3v) is 4.61. The molecule has 1 aliphatic rings. The number of aliphatic hydroxyl groups excluding tert-OH is 1. The highest BCUT2D eigenvalue weighted by Crippen LogP contribution is 2.15. The van der Waals surface area contributed by atoms with Crippen LogP contribution in [-0.4, -0.2) is 23.7 Å². The van der Waals surface area contributed by atoms with Gasteiger partial charge in [0.2, 0.25) is 5.91 Å². The van der Waals surface area contributed by atoms with Crippen molar-refractivity contribution < 1.29 is 9.90 Å². The van der Waals surface area contributed by atoms with E-state index in [1.165, 1.54) is 17.2 Å². The van der Waals surface area contributed by atoms with Crippen LogP contribution in [0.4, 0.5) is 0 Å². The van der Waals surface area contributed by atoms with Crippen LogP contribution < -0.4 is 5.32 Å². The Bertz CT molecular complexity index is 581. The Morgan fingerprint density at radius 2 is 1.88 bits per heavy atom. The molecular formula is C23H35NO2. The second-order valence-electron chi connectivity index (χ2n) is 7.50. The van der Waals surface area contributed by atoms with Gasteiger partial charge in [-0.15, -0.1) is 0 Å². The van der Waals surface area contributed by atoms with Crippen LogP contribution in [0.15, 0.2) is 59.8 Å². The van der Waals surface area contributed by atoms with E-state index in [0.717, 1.165) is 19.3 Å². The third kappa shape index (κ3) is 10.2. The molecule has 0 aromatic carbocycles. The van der Waals surface area contributed by atoms with Gasteiger partial charge in [0, 0.05) is 18.5 Å². The highest BCUT2D eigenvalue weighted by atomic mass is 16.3. The number of amides is 1. The van der Waals surface area contributed by atoms with Crippen LogP contribution in [0.2, 0.25) is 0 Å². The summed E-state index contributed by atoms with van der Waals surface area (Å²) in [7, 11) is 0. The normalized spacial score (nSPS) is 35.1. The molecule has 0 bridgehead atoms. The molecule has 1 amide bonds. The highest BCUT2D eigenvalue weighted by Gasteiger charge is 2.09. The molecule has 1 rings (SSSR count). The smallest absolute Gasteiger partial charge is 0.243 e. The molecule has 1 heterocycles. The molecule has 0 aliphatic carbocycles. The van der Waals surface area contributed by atoms with Gasteiger partial charge in [-0.3, -0.25) is 4.79 Å². The Morgan fingerprint density at radius 3 is 2.65 bits per heavy atom. The van der Waals surface area contributed by atoms with Crippen molar-refractivity contribution in [3.05, 3.63) is 59.8 Å². The van der Waals surface area contributed by atoms with E-state index in [2.05, 4.69) is 50.4 Å². The molecule has 3 heteroatoms. The fourth-order valence-corrected chi connectivity index (χ4v) is 2.76. The van der Waals surface area contributed by atoms with E-state index in [9.17, 15) is 9.90 Å². The minimum Gasteiger partial charge on any atom is -0.392 e. The average Bonchev–Trinajstić information content (AvgIpc) is 2.60. The molecule has 0 spiro atoms. The standard InChI is InChI=1S/C23H35NO2/c1-18-10-6-5-7-11-20(3)17-24-23(26)13-9-8-12-21(4)22(25)15-14-19(2)16-18/h5-6,8-10,12-14,20-22,25H,7,11,15-17H2,1-4H3,(H,24,26)/b6-5+,12-8+,13-9+,18-10+,19-14+. The second-order valence-corrected chi connectivity index (χ2v) is 7.50. The Morgan fingerprint density at radius 1 is 1.12 bits per heavy atom. The monoisotopic (exact) mass is 357 g/mol. The topological polar surface area (TPSA) is 49.3 Å². The minimum absolute atomic E-state index is 0.0388.